The average molecular weight is 362 g/mol. The molecule has 0 bridgehead atoms. The zero-order valence-corrected chi connectivity index (χ0v) is 15.1. The number of ketones is 1. The van der Waals surface area contributed by atoms with Crippen LogP contribution in [0.25, 0.3) is 0 Å². The van der Waals surface area contributed by atoms with E-state index in [1.165, 1.54) is 19.1 Å². The molecule has 0 saturated heterocycles. The number of Topliss-reactive ketones (excluding diaryl/α,β-unsaturated/α-hetero) is 1. The SMILES string of the molecule is CC(=O)Nc1cc(NC(=O)CCC(=O)c2cc(C)sc2C)ccc1F. The van der Waals surface area contributed by atoms with Gasteiger partial charge < -0.3 is 10.6 Å². The summed E-state index contributed by atoms with van der Waals surface area (Å²) in [6.45, 7) is 5.08. The second-order valence-electron chi connectivity index (χ2n) is 5.67. The largest absolute Gasteiger partial charge is 0.326 e. The van der Waals surface area contributed by atoms with Crippen molar-refractivity contribution in [1.29, 1.82) is 0 Å². The van der Waals surface area contributed by atoms with Gasteiger partial charge in [-0.05, 0) is 38.1 Å². The van der Waals surface area contributed by atoms with Gasteiger partial charge in [-0.25, -0.2) is 4.39 Å². The van der Waals surface area contributed by atoms with E-state index in [0.29, 0.717) is 11.3 Å². The fourth-order valence-corrected chi connectivity index (χ4v) is 3.32. The summed E-state index contributed by atoms with van der Waals surface area (Å²) in [4.78, 5) is 37.2. The van der Waals surface area contributed by atoms with Crippen LogP contribution in [0.15, 0.2) is 24.3 Å². The molecule has 2 rings (SSSR count). The molecule has 7 heteroatoms. The van der Waals surface area contributed by atoms with Gasteiger partial charge >= 0.3 is 0 Å². The van der Waals surface area contributed by atoms with Crippen LogP contribution in [0.2, 0.25) is 0 Å². The Kier molecular flexibility index (Phi) is 6.03. The Hall–Kier alpha value is -2.54. The van der Waals surface area contributed by atoms with Crippen LogP contribution in [0.5, 0.6) is 0 Å². The van der Waals surface area contributed by atoms with E-state index in [1.807, 2.05) is 19.9 Å². The van der Waals surface area contributed by atoms with Gasteiger partial charge in [0.1, 0.15) is 5.82 Å². The van der Waals surface area contributed by atoms with E-state index in [4.69, 9.17) is 0 Å². The minimum atomic E-state index is -0.591. The minimum absolute atomic E-state index is 0.00857. The van der Waals surface area contributed by atoms with Crippen LogP contribution in [0.3, 0.4) is 0 Å². The molecular weight excluding hydrogens is 343 g/mol. The lowest BCUT2D eigenvalue weighted by Gasteiger charge is -2.09. The molecule has 132 valence electrons. The number of thiophene rings is 1. The third kappa shape index (κ3) is 5.22. The fraction of sp³-hybridized carbons (Fsp3) is 0.278. The van der Waals surface area contributed by atoms with Gasteiger partial charge in [-0.1, -0.05) is 0 Å². The van der Waals surface area contributed by atoms with Crippen molar-refractivity contribution in [3.8, 4) is 0 Å². The van der Waals surface area contributed by atoms with Crippen molar-refractivity contribution in [3.63, 3.8) is 0 Å². The van der Waals surface area contributed by atoms with Gasteiger partial charge in [0.25, 0.3) is 0 Å². The van der Waals surface area contributed by atoms with E-state index in [1.54, 1.807) is 11.3 Å². The molecule has 2 amide bonds. The maximum Gasteiger partial charge on any atom is 0.224 e. The van der Waals surface area contributed by atoms with E-state index in [2.05, 4.69) is 10.6 Å². The van der Waals surface area contributed by atoms with Gasteiger partial charge in [0, 0.05) is 40.8 Å². The summed E-state index contributed by atoms with van der Waals surface area (Å²) in [5.74, 6) is -1.42. The highest BCUT2D eigenvalue weighted by Crippen LogP contribution is 2.23. The molecule has 0 atom stereocenters. The van der Waals surface area contributed by atoms with Crippen molar-refractivity contribution in [3.05, 3.63) is 45.4 Å². The Labute approximate surface area is 149 Å². The van der Waals surface area contributed by atoms with Crippen LogP contribution in [-0.2, 0) is 9.59 Å². The summed E-state index contributed by atoms with van der Waals surface area (Å²) >= 11 is 1.55. The first-order chi connectivity index (χ1) is 11.8. The molecule has 0 saturated carbocycles. The Morgan fingerprint density at radius 2 is 1.80 bits per heavy atom. The Balaban J connectivity index is 1.95. The van der Waals surface area contributed by atoms with E-state index in [9.17, 15) is 18.8 Å². The first-order valence-electron chi connectivity index (χ1n) is 7.73. The number of rotatable bonds is 6. The molecule has 0 spiro atoms. The smallest absolute Gasteiger partial charge is 0.224 e. The zero-order chi connectivity index (χ0) is 18.6. The lowest BCUT2D eigenvalue weighted by Crippen LogP contribution is -2.14. The number of aryl methyl sites for hydroxylation is 2. The number of anilines is 2. The monoisotopic (exact) mass is 362 g/mol. The molecule has 2 N–H and O–H groups in total. The van der Waals surface area contributed by atoms with Crippen LogP contribution in [0, 0.1) is 19.7 Å². The summed E-state index contributed by atoms with van der Waals surface area (Å²) in [6.07, 6.45) is 0.128. The topological polar surface area (TPSA) is 75.3 Å². The molecule has 25 heavy (non-hydrogen) atoms. The molecule has 0 aliphatic carbocycles. The predicted octanol–water partition coefficient (Wildman–Crippen LogP) is 4.06. The minimum Gasteiger partial charge on any atom is -0.326 e. The highest BCUT2D eigenvalue weighted by Gasteiger charge is 2.14. The summed E-state index contributed by atoms with van der Waals surface area (Å²) in [5, 5.41) is 4.95. The Morgan fingerprint density at radius 1 is 1.08 bits per heavy atom. The predicted molar refractivity (Wildman–Crippen MR) is 96.7 cm³/mol. The first-order valence-corrected chi connectivity index (χ1v) is 8.55. The number of nitrogens with one attached hydrogen (secondary N) is 2. The number of amides is 2. The molecular formula is C18H19FN2O3S. The summed E-state index contributed by atoms with van der Waals surface area (Å²) in [6, 6.07) is 5.72. The quantitative estimate of drug-likeness (QED) is 0.761. The number of carbonyl (C=O) groups excluding carboxylic acids is 3. The van der Waals surface area contributed by atoms with E-state index in [0.717, 1.165) is 15.8 Å². The molecule has 5 nitrogen and oxygen atoms in total. The molecule has 1 aromatic heterocycles. The molecule has 0 unspecified atom stereocenters. The van der Waals surface area contributed by atoms with E-state index >= 15 is 0 Å². The first kappa shape index (κ1) is 18.8. The second kappa shape index (κ2) is 8.02. The summed E-state index contributed by atoms with van der Waals surface area (Å²) in [5.41, 5.74) is 1.00. The zero-order valence-electron chi connectivity index (χ0n) is 14.2. The third-order valence-electron chi connectivity index (χ3n) is 3.48. The number of carbonyl (C=O) groups is 3. The van der Waals surface area contributed by atoms with Gasteiger partial charge in [0.05, 0.1) is 5.69 Å². The second-order valence-corrected chi connectivity index (χ2v) is 7.13. The molecule has 1 aromatic carbocycles. The lowest BCUT2D eigenvalue weighted by molar-refractivity contribution is -0.116. The third-order valence-corrected chi connectivity index (χ3v) is 4.45. The van der Waals surface area contributed by atoms with Gasteiger partial charge in [-0.3, -0.25) is 14.4 Å². The van der Waals surface area contributed by atoms with Crippen LogP contribution in [-0.4, -0.2) is 17.6 Å². The standard InChI is InChI=1S/C18H19FN2O3S/c1-10-8-14(11(2)25-10)17(23)6-7-18(24)21-13-4-5-15(19)16(9-13)20-12(3)22/h4-5,8-9H,6-7H2,1-3H3,(H,20,22)(H,21,24). The lowest BCUT2D eigenvalue weighted by atomic mass is 10.1. The average Bonchev–Trinajstić information content (AvgIpc) is 2.86. The van der Waals surface area contributed by atoms with Gasteiger partial charge in [-0.2, -0.15) is 0 Å². The molecule has 1 heterocycles. The van der Waals surface area contributed by atoms with Crippen molar-refractivity contribution in [1.82, 2.24) is 0 Å². The number of hydrogen-bond donors (Lipinski definition) is 2. The van der Waals surface area contributed by atoms with Gasteiger partial charge in [0.15, 0.2) is 5.78 Å². The highest BCUT2D eigenvalue weighted by molar-refractivity contribution is 7.12. The Morgan fingerprint density at radius 3 is 2.40 bits per heavy atom. The molecule has 0 fully saturated rings. The van der Waals surface area contributed by atoms with Crippen LogP contribution in [0.4, 0.5) is 15.8 Å². The number of hydrogen-bond acceptors (Lipinski definition) is 4. The van der Waals surface area contributed by atoms with Crippen molar-refractivity contribution in [2.45, 2.75) is 33.6 Å². The van der Waals surface area contributed by atoms with Gasteiger partial charge in [-0.15, -0.1) is 11.3 Å². The molecule has 0 aliphatic rings. The van der Waals surface area contributed by atoms with Crippen LogP contribution < -0.4 is 10.6 Å². The maximum absolute atomic E-state index is 13.6. The van der Waals surface area contributed by atoms with E-state index < -0.39 is 11.7 Å². The van der Waals surface area contributed by atoms with Crippen LogP contribution in [0.1, 0.15) is 39.9 Å². The maximum atomic E-state index is 13.6. The number of halogens is 1. The normalized spacial score (nSPS) is 10.4. The molecule has 0 aliphatic heterocycles. The summed E-state index contributed by atoms with van der Waals surface area (Å²) < 4.78 is 13.6. The van der Waals surface area contributed by atoms with Crippen molar-refractivity contribution < 1.29 is 18.8 Å². The Bertz CT molecular complexity index is 830. The molecule has 2 aromatic rings. The highest BCUT2D eigenvalue weighted by atomic mass is 32.1. The van der Waals surface area contributed by atoms with Crippen LogP contribution >= 0.6 is 11.3 Å². The van der Waals surface area contributed by atoms with Crippen molar-refractivity contribution in [2.75, 3.05) is 10.6 Å². The summed E-state index contributed by atoms with van der Waals surface area (Å²) in [7, 11) is 0. The van der Waals surface area contributed by atoms with Crippen molar-refractivity contribution in [2.24, 2.45) is 0 Å². The fourth-order valence-electron chi connectivity index (χ4n) is 2.38. The van der Waals surface area contributed by atoms with Crippen molar-refractivity contribution >= 4 is 40.3 Å². The number of benzene rings is 1. The molecule has 0 radical (unpaired) electrons. The van der Waals surface area contributed by atoms with Gasteiger partial charge in [0.2, 0.25) is 11.8 Å². The van der Waals surface area contributed by atoms with E-state index in [-0.39, 0.29) is 30.2 Å².